The van der Waals surface area contributed by atoms with Crippen molar-refractivity contribution in [2.24, 2.45) is 5.92 Å². The van der Waals surface area contributed by atoms with Crippen LogP contribution in [0.4, 0.5) is 4.79 Å². The molecular formula is C13H24N2O3S. The Hall–Kier alpha value is -0.910. The minimum Gasteiger partial charge on any atom is -0.480 e. The van der Waals surface area contributed by atoms with Crippen LogP contribution in [0.15, 0.2) is 0 Å². The first kappa shape index (κ1) is 16.1. The van der Waals surface area contributed by atoms with Crippen LogP contribution in [-0.2, 0) is 4.79 Å². The van der Waals surface area contributed by atoms with Gasteiger partial charge in [0.2, 0.25) is 0 Å². The Bertz CT molecular complexity index is 323. The number of carbonyl (C=O) groups is 2. The van der Waals surface area contributed by atoms with E-state index < -0.39 is 12.0 Å². The molecule has 2 amide bonds. The van der Waals surface area contributed by atoms with Gasteiger partial charge in [0.1, 0.15) is 6.04 Å². The number of carboxylic acid groups (broad SMARTS) is 1. The minimum absolute atomic E-state index is 0.172. The third kappa shape index (κ3) is 5.72. The van der Waals surface area contributed by atoms with Crippen molar-refractivity contribution in [2.45, 2.75) is 56.9 Å². The van der Waals surface area contributed by atoms with E-state index in [0.717, 1.165) is 19.3 Å². The van der Waals surface area contributed by atoms with Gasteiger partial charge in [0.05, 0.1) is 0 Å². The van der Waals surface area contributed by atoms with Gasteiger partial charge < -0.3 is 15.7 Å². The van der Waals surface area contributed by atoms with Crippen molar-refractivity contribution in [1.82, 2.24) is 10.6 Å². The van der Waals surface area contributed by atoms with Gasteiger partial charge >= 0.3 is 12.0 Å². The van der Waals surface area contributed by atoms with Crippen LogP contribution in [0, 0.1) is 5.92 Å². The molecule has 0 aromatic carbocycles. The molecule has 0 aliphatic heterocycles. The Balaban J connectivity index is 2.38. The van der Waals surface area contributed by atoms with Crippen molar-refractivity contribution in [3.8, 4) is 0 Å². The fourth-order valence-corrected chi connectivity index (χ4v) is 3.16. The van der Waals surface area contributed by atoms with Crippen LogP contribution in [0.5, 0.6) is 0 Å². The zero-order chi connectivity index (χ0) is 14.4. The van der Waals surface area contributed by atoms with Gasteiger partial charge in [0, 0.05) is 11.3 Å². The molecule has 1 rings (SSSR count). The van der Waals surface area contributed by atoms with Crippen molar-refractivity contribution < 1.29 is 14.7 Å². The molecule has 0 aromatic rings. The second-order valence-corrected chi connectivity index (χ2v) is 6.64. The highest BCUT2D eigenvalue weighted by atomic mass is 32.2. The van der Waals surface area contributed by atoms with Crippen molar-refractivity contribution in [3.63, 3.8) is 0 Å². The Morgan fingerprint density at radius 3 is 2.53 bits per heavy atom. The van der Waals surface area contributed by atoms with E-state index in [4.69, 9.17) is 5.11 Å². The average molecular weight is 288 g/mol. The van der Waals surface area contributed by atoms with Crippen molar-refractivity contribution in [3.05, 3.63) is 0 Å². The molecule has 1 fully saturated rings. The van der Waals surface area contributed by atoms with Crippen LogP contribution >= 0.6 is 11.8 Å². The molecule has 0 bridgehead atoms. The number of hydrogen-bond acceptors (Lipinski definition) is 3. The van der Waals surface area contributed by atoms with E-state index in [-0.39, 0.29) is 18.0 Å². The zero-order valence-corrected chi connectivity index (χ0v) is 12.6. The van der Waals surface area contributed by atoms with E-state index >= 15 is 0 Å². The van der Waals surface area contributed by atoms with Crippen molar-refractivity contribution >= 4 is 23.8 Å². The Kier molecular flexibility index (Phi) is 6.48. The van der Waals surface area contributed by atoms with E-state index in [1.807, 2.05) is 25.6 Å². The number of hydrogen-bond donors (Lipinski definition) is 3. The van der Waals surface area contributed by atoms with Gasteiger partial charge in [-0.2, -0.15) is 11.8 Å². The van der Waals surface area contributed by atoms with E-state index in [0.29, 0.717) is 11.7 Å². The number of carbonyl (C=O) groups excluding carboxylic acids is 1. The van der Waals surface area contributed by atoms with Crippen LogP contribution in [0.3, 0.4) is 0 Å². The molecule has 1 saturated carbocycles. The number of nitrogens with one attached hydrogen (secondary N) is 2. The summed E-state index contributed by atoms with van der Waals surface area (Å²) in [6, 6.07) is -0.997. The van der Waals surface area contributed by atoms with E-state index in [9.17, 15) is 9.59 Å². The molecule has 0 heterocycles. The standard InChI is InChI=1S/C13H24N2O3S/c1-8(2)6-11(12(16)17)15-13(18)14-9-4-5-10(7-9)19-3/h8-11H,4-7H2,1-3H3,(H,16,17)(H2,14,15,18)/t9?,10?,11-/m1/s1. The maximum atomic E-state index is 11.8. The lowest BCUT2D eigenvalue weighted by Crippen LogP contribution is -2.49. The summed E-state index contributed by atoms with van der Waals surface area (Å²) in [4.78, 5) is 22.9. The fourth-order valence-electron chi connectivity index (χ4n) is 2.36. The number of aliphatic carboxylic acids is 1. The van der Waals surface area contributed by atoms with Crippen molar-refractivity contribution in [2.75, 3.05) is 6.26 Å². The molecule has 19 heavy (non-hydrogen) atoms. The number of rotatable bonds is 6. The predicted molar refractivity (Wildman–Crippen MR) is 77.5 cm³/mol. The summed E-state index contributed by atoms with van der Waals surface area (Å²) in [5, 5.41) is 15.1. The third-order valence-corrected chi connectivity index (χ3v) is 4.46. The fraction of sp³-hybridized carbons (Fsp3) is 0.846. The molecule has 0 radical (unpaired) electrons. The lowest BCUT2D eigenvalue weighted by molar-refractivity contribution is -0.139. The van der Waals surface area contributed by atoms with Crippen LogP contribution in [-0.4, -0.2) is 40.7 Å². The Labute approximate surface area is 118 Å². The first-order chi connectivity index (χ1) is 8.92. The third-order valence-electron chi connectivity index (χ3n) is 3.36. The monoisotopic (exact) mass is 288 g/mol. The van der Waals surface area contributed by atoms with Gasteiger partial charge in [-0.05, 0) is 37.9 Å². The van der Waals surface area contributed by atoms with Gasteiger partial charge in [-0.15, -0.1) is 0 Å². The number of thioether (sulfide) groups is 1. The normalized spacial score (nSPS) is 24.2. The molecule has 110 valence electrons. The summed E-state index contributed by atoms with van der Waals surface area (Å²) in [7, 11) is 0. The Morgan fingerprint density at radius 2 is 2.05 bits per heavy atom. The molecule has 5 nitrogen and oxygen atoms in total. The molecule has 3 N–H and O–H groups in total. The maximum absolute atomic E-state index is 11.8. The Morgan fingerprint density at radius 1 is 1.37 bits per heavy atom. The summed E-state index contributed by atoms with van der Waals surface area (Å²) in [5.41, 5.74) is 0. The molecule has 2 unspecified atom stereocenters. The van der Waals surface area contributed by atoms with Gasteiger partial charge in [-0.1, -0.05) is 13.8 Å². The molecule has 0 aromatic heterocycles. The number of amides is 2. The van der Waals surface area contributed by atoms with Gasteiger partial charge in [0.25, 0.3) is 0 Å². The van der Waals surface area contributed by atoms with Gasteiger partial charge in [0.15, 0.2) is 0 Å². The molecule has 1 aliphatic rings. The zero-order valence-electron chi connectivity index (χ0n) is 11.8. The average Bonchev–Trinajstić information content (AvgIpc) is 2.75. The predicted octanol–water partition coefficient (Wildman–Crippen LogP) is 2.07. The highest BCUT2D eigenvalue weighted by Gasteiger charge is 2.27. The van der Waals surface area contributed by atoms with Crippen LogP contribution in [0.25, 0.3) is 0 Å². The van der Waals surface area contributed by atoms with Crippen LogP contribution < -0.4 is 10.6 Å². The minimum atomic E-state index is -0.975. The quantitative estimate of drug-likeness (QED) is 0.699. The highest BCUT2D eigenvalue weighted by Crippen LogP contribution is 2.27. The van der Waals surface area contributed by atoms with Crippen LogP contribution in [0.2, 0.25) is 0 Å². The van der Waals surface area contributed by atoms with E-state index in [2.05, 4.69) is 16.9 Å². The SMILES string of the molecule is CSC1CCC(NC(=O)N[C@H](CC(C)C)C(=O)O)C1. The topological polar surface area (TPSA) is 78.4 Å². The molecule has 6 heteroatoms. The summed E-state index contributed by atoms with van der Waals surface area (Å²) >= 11 is 1.82. The molecular weight excluding hydrogens is 264 g/mol. The maximum Gasteiger partial charge on any atom is 0.326 e. The first-order valence-corrected chi connectivity index (χ1v) is 8.03. The summed E-state index contributed by atoms with van der Waals surface area (Å²) < 4.78 is 0. The molecule has 0 saturated heterocycles. The summed E-state index contributed by atoms with van der Waals surface area (Å²) in [6.07, 6.45) is 5.58. The van der Waals surface area contributed by atoms with E-state index in [1.54, 1.807) is 0 Å². The molecule has 1 aliphatic carbocycles. The first-order valence-electron chi connectivity index (χ1n) is 6.75. The van der Waals surface area contributed by atoms with Gasteiger partial charge in [-0.25, -0.2) is 9.59 Å². The van der Waals surface area contributed by atoms with E-state index in [1.165, 1.54) is 0 Å². The highest BCUT2D eigenvalue weighted by molar-refractivity contribution is 7.99. The van der Waals surface area contributed by atoms with Gasteiger partial charge in [-0.3, -0.25) is 0 Å². The molecule has 0 spiro atoms. The lowest BCUT2D eigenvalue weighted by Gasteiger charge is -2.19. The number of urea groups is 1. The second kappa shape index (κ2) is 7.62. The molecule has 3 atom stereocenters. The van der Waals surface area contributed by atoms with Crippen molar-refractivity contribution in [1.29, 1.82) is 0 Å². The number of carboxylic acids is 1. The summed E-state index contributed by atoms with van der Waals surface area (Å²) in [6.45, 7) is 3.88. The van der Waals surface area contributed by atoms with Crippen LogP contribution in [0.1, 0.15) is 39.5 Å². The largest absolute Gasteiger partial charge is 0.480 e. The lowest BCUT2D eigenvalue weighted by atomic mass is 10.0. The second-order valence-electron chi connectivity index (χ2n) is 5.51. The summed E-state index contributed by atoms with van der Waals surface area (Å²) in [5.74, 6) is -0.744. The smallest absolute Gasteiger partial charge is 0.326 e.